The van der Waals surface area contributed by atoms with Crippen LogP contribution in [-0.2, 0) is 9.53 Å². The van der Waals surface area contributed by atoms with Gasteiger partial charge in [-0.25, -0.2) is 4.79 Å². The van der Waals surface area contributed by atoms with Crippen LogP contribution in [0.5, 0.6) is 0 Å². The predicted octanol–water partition coefficient (Wildman–Crippen LogP) is 1.31. The van der Waals surface area contributed by atoms with Gasteiger partial charge in [-0.05, 0) is 18.1 Å². The van der Waals surface area contributed by atoms with Crippen LogP contribution in [0.25, 0.3) is 0 Å². The van der Waals surface area contributed by atoms with Crippen LogP contribution in [0.15, 0.2) is 6.33 Å². The lowest BCUT2D eigenvalue weighted by molar-refractivity contribution is -0.146. The van der Waals surface area contributed by atoms with Crippen molar-refractivity contribution in [1.82, 2.24) is 14.8 Å². The number of hydrogen-bond acceptors (Lipinski definition) is 4. The molecule has 1 N–H and O–H groups in total. The van der Waals surface area contributed by atoms with Crippen LogP contribution in [0.3, 0.4) is 0 Å². The Morgan fingerprint density at radius 3 is 2.71 bits per heavy atom. The molecule has 1 unspecified atom stereocenters. The molecule has 78 valence electrons. The first-order valence-electron chi connectivity index (χ1n) is 4.27. The SMILES string of the molecule is COC(=O)C(C(C)C)n1cn[nH]c1=S. The molecule has 0 amide bonds. The molecule has 1 aromatic heterocycles. The third-order valence-corrected chi connectivity index (χ3v) is 2.25. The Bertz CT molecular complexity index is 369. The molecule has 5 nitrogen and oxygen atoms in total. The van der Waals surface area contributed by atoms with Gasteiger partial charge < -0.3 is 4.74 Å². The average molecular weight is 215 g/mol. The smallest absolute Gasteiger partial charge is 0.329 e. The van der Waals surface area contributed by atoms with Crippen molar-refractivity contribution in [1.29, 1.82) is 0 Å². The van der Waals surface area contributed by atoms with E-state index in [1.807, 2.05) is 13.8 Å². The summed E-state index contributed by atoms with van der Waals surface area (Å²) in [6, 6.07) is -0.411. The third-order valence-electron chi connectivity index (χ3n) is 1.95. The molecular weight excluding hydrogens is 202 g/mol. The van der Waals surface area contributed by atoms with Crippen LogP contribution < -0.4 is 0 Å². The van der Waals surface area contributed by atoms with Crippen molar-refractivity contribution in [2.75, 3.05) is 7.11 Å². The first-order chi connectivity index (χ1) is 6.57. The van der Waals surface area contributed by atoms with Gasteiger partial charge in [0, 0.05) is 0 Å². The molecule has 6 heteroatoms. The van der Waals surface area contributed by atoms with Crippen molar-refractivity contribution >= 4 is 18.2 Å². The van der Waals surface area contributed by atoms with E-state index in [2.05, 4.69) is 10.2 Å². The summed E-state index contributed by atoms with van der Waals surface area (Å²) in [5, 5.41) is 6.37. The van der Waals surface area contributed by atoms with E-state index in [4.69, 9.17) is 17.0 Å². The maximum atomic E-state index is 11.5. The monoisotopic (exact) mass is 215 g/mol. The lowest BCUT2D eigenvalue weighted by Gasteiger charge is -2.18. The summed E-state index contributed by atoms with van der Waals surface area (Å²) < 4.78 is 6.73. The molecule has 0 spiro atoms. The second-order valence-corrected chi connectivity index (χ2v) is 3.67. The zero-order chi connectivity index (χ0) is 10.7. The third kappa shape index (κ3) is 2.01. The van der Waals surface area contributed by atoms with Crippen LogP contribution >= 0.6 is 12.2 Å². The number of nitrogens with zero attached hydrogens (tertiary/aromatic N) is 2. The molecule has 0 bridgehead atoms. The highest BCUT2D eigenvalue weighted by molar-refractivity contribution is 7.71. The number of H-pyrrole nitrogens is 1. The number of carbonyl (C=O) groups is 1. The van der Waals surface area contributed by atoms with Gasteiger partial charge in [-0.15, -0.1) is 0 Å². The number of aromatic amines is 1. The van der Waals surface area contributed by atoms with Gasteiger partial charge >= 0.3 is 5.97 Å². The molecule has 0 aliphatic carbocycles. The van der Waals surface area contributed by atoms with Gasteiger partial charge in [0.05, 0.1) is 7.11 Å². The zero-order valence-corrected chi connectivity index (χ0v) is 9.17. The summed E-state index contributed by atoms with van der Waals surface area (Å²) in [5.41, 5.74) is 0. The number of esters is 1. The van der Waals surface area contributed by atoms with Gasteiger partial charge in [0.15, 0.2) is 4.77 Å². The second kappa shape index (κ2) is 4.36. The molecule has 0 aliphatic rings. The molecule has 1 aromatic rings. The molecule has 0 aromatic carbocycles. The minimum absolute atomic E-state index is 0.103. The van der Waals surface area contributed by atoms with Gasteiger partial charge in [-0.3, -0.25) is 9.67 Å². The Kier molecular flexibility index (Phi) is 3.40. The largest absolute Gasteiger partial charge is 0.467 e. The molecule has 0 saturated heterocycles. The fourth-order valence-electron chi connectivity index (χ4n) is 1.28. The topological polar surface area (TPSA) is 59.9 Å². The standard InChI is InChI=1S/C8H13N3O2S/c1-5(2)6(7(12)13-3)11-4-9-10-8(11)14/h4-6H,1-3H3,(H,10,14). The molecule has 1 heterocycles. The van der Waals surface area contributed by atoms with Crippen LogP contribution in [0.2, 0.25) is 0 Å². The highest BCUT2D eigenvalue weighted by Gasteiger charge is 2.25. The summed E-state index contributed by atoms with van der Waals surface area (Å²) in [7, 11) is 1.36. The maximum absolute atomic E-state index is 11.5. The zero-order valence-electron chi connectivity index (χ0n) is 8.35. The first-order valence-corrected chi connectivity index (χ1v) is 4.68. The van der Waals surface area contributed by atoms with Gasteiger partial charge in [-0.2, -0.15) is 5.10 Å². The normalized spacial score (nSPS) is 12.9. The van der Waals surface area contributed by atoms with E-state index >= 15 is 0 Å². The molecule has 14 heavy (non-hydrogen) atoms. The van der Waals surface area contributed by atoms with Crippen molar-refractivity contribution < 1.29 is 9.53 Å². The van der Waals surface area contributed by atoms with Gasteiger partial charge in [0.1, 0.15) is 12.4 Å². The van der Waals surface area contributed by atoms with Crippen LogP contribution in [0, 0.1) is 10.7 Å². The van der Waals surface area contributed by atoms with Crippen molar-refractivity contribution in [2.24, 2.45) is 5.92 Å². The Balaban J connectivity index is 3.07. The molecule has 1 rings (SSSR count). The van der Waals surface area contributed by atoms with Crippen LogP contribution in [-0.4, -0.2) is 27.8 Å². The lowest BCUT2D eigenvalue weighted by Crippen LogP contribution is -2.25. The van der Waals surface area contributed by atoms with Gasteiger partial charge in [-0.1, -0.05) is 13.8 Å². The van der Waals surface area contributed by atoms with E-state index < -0.39 is 6.04 Å². The Labute approximate surface area is 87.1 Å². The molecular formula is C8H13N3O2S. The number of carbonyl (C=O) groups excluding carboxylic acids is 1. The van der Waals surface area contributed by atoms with E-state index in [1.54, 1.807) is 4.57 Å². The molecule has 0 radical (unpaired) electrons. The summed E-state index contributed by atoms with van der Waals surface area (Å²) in [6.45, 7) is 3.85. The number of aromatic nitrogens is 3. The minimum atomic E-state index is -0.411. The van der Waals surface area contributed by atoms with Crippen molar-refractivity contribution in [3.8, 4) is 0 Å². The highest BCUT2D eigenvalue weighted by atomic mass is 32.1. The molecule has 0 aliphatic heterocycles. The second-order valence-electron chi connectivity index (χ2n) is 3.28. The van der Waals surface area contributed by atoms with E-state index in [-0.39, 0.29) is 11.9 Å². The van der Waals surface area contributed by atoms with E-state index in [9.17, 15) is 4.79 Å². The highest BCUT2D eigenvalue weighted by Crippen LogP contribution is 2.18. The summed E-state index contributed by atoms with van der Waals surface area (Å²) in [4.78, 5) is 11.5. The van der Waals surface area contributed by atoms with Crippen molar-refractivity contribution in [2.45, 2.75) is 19.9 Å². The average Bonchev–Trinajstić information content (AvgIpc) is 2.52. The Morgan fingerprint density at radius 2 is 2.36 bits per heavy atom. The first kappa shape index (κ1) is 10.9. The van der Waals surface area contributed by atoms with E-state index in [0.29, 0.717) is 4.77 Å². The minimum Gasteiger partial charge on any atom is -0.467 e. The maximum Gasteiger partial charge on any atom is 0.329 e. The number of methoxy groups -OCH3 is 1. The Morgan fingerprint density at radius 1 is 1.71 bits per heavy atom. The molecule has 0 saturated carbocycles. The van der Waals surface area contributed by atoms with Crippen LogP contribution in [0.4, 0.5) is 0 Å². The molecule has 1 atom stereocenters. The fourth-order valence-corrected chi connectivity index (χ4v) is 1.50. The fraction of sp³-hybridized carbons (Fsp3) is 0.625. The number of hydrogen-bond donors (Lipinski definition) is 1. The van der Waals surface area contributed by atoms with Crippen molar-refractivity contribution in [3.05, 3.63) is 11.1 Å². The predicted molar refractivity (Wildman–Crippen MR) is 53.3 cm³/mol. The lowest BCUT2D eigenvalue weighted by atomic mass is 10.1. The van der Waals surface area contributed by atoms with E-state index in [0.717, 1.165) is 0 Å². The van der Waals surface area contributed by atoms with Gasteiger partial charge in [0.25, 0.3) is 0 Å². The van der Waals surface area contributed by atoms with Crippen LogP contribution in [0.1, 0.15) is 19.9 Å². The summed E-state index contributed by atoms with van der Waals surface area (Å²) in [5.74, 6) is -0.204. The number of rotatable bonds is 3. The van der Waals surface area contributed by atoms with E-state index in [1.165, 1.54) is 13.4 Å². The number of ether oxygens (including phenoxy) is 1. The molecule has 0 fully saturated rings. The van der Waals surface area contributed by atoms with Gasteiger partial charge in [0.2, 0.25) is 0 Å². The quantitative estimate of drug-likeness (QED) is 0.610. The summed E-state index contributed by atoms with van der Waals surface area (Å²) in [6.07, 6.45) is 1.50. The number of nitrogens with one attached hydrogen (secondary N) is 1. The summed E-state index contributed by atoms with van der Waals surface area (Å²) >= 11 is 4.99. The van der Waals surface area contributed by atoms with Crippen molar-refractivity contribution in [3.63, 3.8) is 0 Å². The Hall–Kier alpha value is -1.17.